The molecule has 0 saturated heterocycles. The van der Waals surface area contributed by atoms with Crippen molar-refractivity contribution >= 4 is 5.91 Å². The number of nitrogens with one attached hydrogen (secondary N) is 1. The van der Waals surface area contributed by atoms with Crippen molar-refractivity contribution in [1.29, 1.82) is 0 Å². The SMILES string of the molecule is COCCN(C)CCNC(=O)c1cccc(C)c1F. The van der Waals surface area contributed by atoms with Crippen molar-refractivity contribution in [2.24, 2.45) is 0 Å². The molecule has 0 radical (unpaired) electrons. The average molecular weight is 268 g/mol. The highest BCUT2D eigenvalue weighted by molar-refractivity contribution is 5.94. The maximum absolute atomic E-state index is 13.7. The Morgan fingerprint density at radius 2 is 2.16 bits per heavy atom. The molecule has 1 aromatic carbocycles. The monoisotopic (exact) mass is 268 g/mol. The second kappa shape index (κ2) is 7.86. The average Bonchev–Trinajstić information content (AvgIpc) is 2.39. The molecule has 0 aliphatic rings. The minimum absolute atomic E-state index is 0.0968. The summed E-state index contributed by atoms with van der Waals surface area (Å²) in [6, 6.07) is 4.81. The zero-order valence-corrected chi connectivity index (χ0v) is 11.7. The van der Waals surface area contributed by atoms with Gasteiger partial charge in [0, 0.05) is 26.7 Å². The Kier molecular flexibility index (Phi) is 6.45. The van der Waals surface area contributed by atoms with Crippen LogP contribution in [-0.2, 0) is 4.74 Å². The predicted octanol–water partition coefficient (Wildman–Crippen LogP) is 1.44. The van der Waals surface area contributed by atoms with E-state index in [1.807, 2.05) is 11.9 Å². The van der Waals surface area contributed by atoms with Crippen LogP contribution in [0.5, 0.6) is 0 Å². The van der Waals surface area contributed by atoms with Crippen molar-refractivity contribution < 1.29 is 13.9 Å². The maximum Gasteiger partial charge on any atom is 0.254 e. The number of likely N-dealkylation sites (N-methyl/N-ethyl adjacent to an activating group) is 1. The first-order valence-electron chi connectivity index (χ1n) is 6.27. The number of hydrogen-bond donors (Lipinski definition) is 1. The molecule has 0 fully saturated rings. The molecule has 0 aromatic heterocycles. The molecular formula is C14H21FN2O2. The molecule has 1 amide bonds. The summed E-state index contributed by atoms with van der Waals surface area (Å²) in [4.78, 5) is 13.9. The molecule has 106 valence electrons. The van der Waals surface area contributed by atoms with Crippen molar-refractivity contribution in [1.82, 2.24) is 10.2 Å². The quantitative estimate of drug-likeness (QED) is 0.813. The number of methoxy groups -OCH3 is 1. The summed E-state index contributed by atoms with van der Waals surface area (Å²) >= 11 is 0. The van der Waals surface area contributed by atoms with Crippen LogP contribution in [0.15, 0.2) is 18.2 Å². The van der Waals surface area contributed by atoms with Gasteiger partial charge in [-0.1, -0.05) is 12.1 Å². The van der Waals surface area contributed by atoms with Gasteiger partial charge in [-0.05, 0) is 25.6 Å². The lowest BCUT2D eigenvalue weighted by Gasteiger charge is -2.16. The Morgan fingerprint density at radius 3 is 2.84 bits per heavy atom. The number of amides is 1. The van der Waals surface area contributed by atoms with Crippen molar-refractivity contribution in [2.45, 2.75) is 6.92 Å². The molecule has 0 unspecified atom stereocenters. The van der Waals surface area contributed by atoms with Gasteiger partial charge in [0.15, 0.2) is 0 Å². The maximum atomic E-state index is 13.7. The third-order valence-electron chi connectivity index (χ3n) is 2.89. The topological polar surface area (TPSA) is 41.6 Å². The fourth-order valence-corrected chi connectivity index (χ4v) is 1.64. The smallest absolute Gasteiger partial charge is 0.254 e. The number of rotatable bonds is 7. The first-order valence-corrected chi connectivity index (χ1v) is 6.27. The highest BCUT2D eigenvalue weighted by Crippen LogP contribution is 2.11. The van der Waals surface area contributed by atoms with Crippen molar-refractivity contribution in [3.8, 4) is 0 Å². The number of benzene rings is 1. The Balaban J connectivity index is 2.41. The molecule has 19 heavy (non-hydrogen) atoms. The number of hydrogen-bond acceptors (Lipinski definition) is 3. The first kappa shape index (κ1) is 15.6. The van der Waals surface area contributed by atoms with Crippen LogP contribution in [0.3, 0.4) is 0 Å². The molecule has 0 aliphatic heterocycles. The molecule has 0 atom stereocenters. The Hall–Kier alpha value is -1.46. The number of carbonyl (C=O) groups excluding carboxylic acids is 1. The van der Waals surface area contributed by atoms with Crippen LogP contribution < -0.4 is 5.32 Å². The van der Waals surface area contributed by atoms with Gasteiger partial charge in [0.1, 0.15) is 5.82 Å². The van der Waals surface area contributed by atoms with Gasteiger partial charge >= 0.3 is 0 Å². The Labute approximate surface area is 113 Å². The van der Waals surface area contributed by atoms with Crippen LogP contribution in [-0.4, -0.2) is 51.2 Å². The molecule has 1 rings (SSSR count). The summed E-state index contributed by atoms with van der Waals surface area (Å²) in [7, 11) is 3.59. The minimum Gasteiger partial charge on any atom is -0.383 e. The molecule has 0 aliphatic carbocycles. The third kappa shape index (κ3) is 4.96. The summed E-state index contributed by atoms with van der Waals surface area (Å²) in [5.74, 6) is -0.825. The second-order valence-corrected chi connectivity index (χ2v) is 4.49. The van der Waals surface area contributed by atoms with Gasteiger partial charge in [0.05, 0.1) is 12.2 Å². The van der Waals surface area contributed by atoms with Gasteiger partial charge in [-0.15, -0.1) is 0 Å². The lowest BCUT2D eigenvalue weighted by molar-refractivity contribution is 0.0943. The van der Waals surface area contributed by atoms with E-state index in [0.29, 0.717) is 25.3 Å². The molecule has 1 aromatic rings. The van der Waals surface area contributed by atoms with E-state index in [2.05, 4.69) is 5.32 Å². The van der Waals surface area contributed by atoms with Crippen LogP contribution in [0, 0.1) is 12.7 Å². The molecule has 0 bridgehead atoms. The minimum atomic E-state index is -0.451. The predicted molar refractivity (Wildman–Crippen MR) is 72.8 cm³/mol. The first-order chi connectivity index (χ1) is 9.06. The molecule has 0 heterocycles. The van der Waals surface area contributed by atoms with E-state index in [4.69, 9.17) is 4.74 Å². The van der Waals surface area contributed by atoms with E-state index in [1.165, 1.54) is 6.07 Å². The van der Waals surface area contributed by atoms with Crippen molar-refractivity contribution in [2.75, 3.05) is 40.4 Å². The van der Waals surface area contributed by atoms with Gasteiger partial charge in [-0.25, -0.2) is 4.39 Å². The van der Waals surface area contributed by atoms with E-state index in [9.17, 15) is 9.18 Å². The Morgan fingerprint density at radius 1 is 1.42 bits per heavy atom. The van der Waals surface area contributed by atoms with Crippen LogP contribution in [0.1, 0.15) is 15.9 Å². The number of nitrogens with zero attached hydrogens (tertiary/aromatic N) is 1. The highest BCUT2D eigenvalue weighted by atomic mass is 19.1. The lowest BCUT2D eigenvalue weighted by atomic mass is 10.1. The van der Waals surface area contributed by atoms with E-state index in [-0.39, 0.29) is 11.5 Å². The van der Waals surface area contributed by atoms with Gasteiger partial charge in [-0.2, -0.15) is 0 Å². The third-order valence-corrected chi connectivity index (χ3v) is 2.89. The number of halogens is 1. The summed E-state index contributed by atoms with van der Waals surface area (Å²) in [5.41, 5.74) is 0.574. The van der Waals surface area contributed by atoms with E-state index < -0.39 is 5.82 Å². The standard InChI is InChI=1S/C14H21FN2O2/c1-11-5-4-6-12(13(11)15)14(18)16-7-8-17(2)9-10-19-3/h4-6H,7-10H2,1-3H3,(H,16,18). The van der Waals surface area contributed by atoms with Gasteiger partial charge in [0.25, 0.3) is 5.91 Å². The number of carbonyl (C=O) groups is 1. The van der Waals surface area contributed by atoms with Crippen molar-refractivity contribution in [3.63, 3.8) is 0 Å². The van der Waals surface area contributed by atoms with Gasteiger partial charge < -0.3 is 15.0 Å². The molecule has 4 nitrogen and oxygen atoms in total. The van der Waals surface area contributed by atoms with Crippen LogP contribution >= 0.6 is 0 Å². The normalized spacial score (nSPS) is 10.8. The fraction of sp³-hybridized carbons (Fsp3) is 0.500. The van der Waals surface area contributed by atoms with Gasteiger partial charge in [0.2, 0.25) is 0 Å². The lowest BCUT2D eigenvalue weighted by Crippen LogP contribution is -2.34. The van der Waals surface area contributed by atoms with Crippen LogP contribution in [0.2, 0.25) is 0 Å². The van der Waals surface area contributed by atoms with Gasteiger partial charge in [-0.3, -0.25) is 4.79 Å². The summed E-state index contributed by atoms with van der Waals surface area (Å²) in [6.07, 6.45) is 0. The van der Waals surface area contributed by atoms with Crippen molar-refractivity contribution in [3.05, 3.63) is 35.1 Å². The summed E-state index contributed by atoms with van der Waals surface area (Å²) in [5, 5.41) is 2.71. The fourth-order valence-electron chi connectivity index (χ4n) is 1.64. The summed E-state index contributed by atoms with van der Waals surface area (Å²) in [6.45, 7) is 4.27. The molecule has 5 heteroatoms. The Bertz CT molecular complexity index is 424. The second-order valence-electron chi connectivity index (χ2n) is 4.49. The van der Waals surface area contributed by atoms with E-state index in [0.717, 1.165) is 6.54 Å². The highest BCUT2D eigenvalue weighted by Gasteiger charge is 2.12. The largest absolute Gasteiger partial charge is 0.383 e. The molecule has 1 N–H and O–H groups in total. The molecule has 0 spiro atoms. The van der Waals surface area contributed by atoms with E-state index in [1.54, 1.807) is 26.2 Å². The zero-order chi connectivity index (χ0) is 14.3. The molecule has 0 saturated carbocycles. The number of aryl methyl sites for hydroxylation is 1. The van der Waals surface area contributed by atoms with Crippen LogP contribution in [0.4, 0.5) is 4.39 Å². The summed E-state index contributed by atoms with van der Waals surface area (Å²) < 4.78 is 18.7. The van der Waals surface area contributed by atoms with E-state index >= 15 is 0 Å². The van der Waals surface area contributed by atoms with Crippen LogP contribution in [0.25, 0.3) is 0 Å². The number of ether oxygens (including phenoxy) is 1. The molecular weight excluding hydrogens is 247 g/mol. The zero-order valence-electron chi connectivity index (χ0n) is 11.7.